The number of hydrogen-bond acceptors (Lipinski definition) is 9. The van der Waals surface area contributed by atoms with Crippen molar-refractivity contribution in [3.63, 3.8) is 0 Å². The third-order valence-electron chi connectivity index (χ3n) is 5.63. The molecule has 1 aromatic rings. The van der Waals surface area contributed by atoms with E-state index in [0.717, 1.165) is 18.1 Å². The number of esters is 2. The zero-order valence-corrected chi connectivity index (χ0v) is 20.1. The summed E-state index contributed by atoms with van der Waals surface area (Å²) in [6.45, 7) is 8.66. The normalized spacial score (nSPS) is 23.3. The van der Waals surface area contributed by atoms with E-state index in [9.17, 15) is 19.7 Å². The minimum absolute atomic E-state index is 0.00968. The number of rotatable bonds is 10. The number of ether oxygens (including phenoxy) is 4. The Bertz CT molecular complexity index is 806. The van der Waals surface area contributed by atoms with Crippen LogP contribution in [-0.2, 0) is 28.2 Å². The van der Waals surface area contributed by atoms with Crippen LogP contribution in [0.25, 0.3) is 0 Å². The molecule has 1 saturated heterocycles. The highest BCUT2D eigenvalue weighted by molar-refractivity contribution is 6.73. The smallest absolute Gasteiger partial charge is 0.311 e. The molecule has 178 valence electrons. The lowest BCUT2D eigenvalue weighted by molar-refractivity contribution is -0.386. The van der Waals surface area contributed by atoms with Crippen molar-refractivity contribution < 1.29 is 37.9 Å². The van der Waals surface area contributed by atoms with Gasteiger partial charge in [-0.3, -0.25) is 19.7 Å². The maximum atomic E-state index is 11.9. The van der Waals surface area contributed by atoms with Gasteiger partial charge in [0.15, 0.2) is 20.2 Å². The molecule has 0 spiro atoms. The van der Waals surface area contributed by atoms with Crippen molar-refractivity contribution >= 4 is 25.9 Å². The highest BCUT2D eigenvalue weighted by Crippen LogP contribution is 2.33. The van der Waals surface area contributed by atoms with Gasteiger partial charge in [-0.1, -0.05) is 32.9 Å². The molecule has 4 atom stereocenters. The van der Waals surface area contributed by atoms with Gasteiger partial charge in [-0.15, -0.1) is 0 Å². The fourth-order valence-electron chi connectivity index (χ4n) is 3.75. The van der Waals surface area contributed by atoms with Crippen molar-refractivity contribution in [2.75, 3.05) is 6.61 Å². The molecule has 4 unspecified atom stereocenters. The molecule has 1 heterocycles. The van der Waals surface area contributed by atoms with Gasteiger partial charge in [0.05, 0.1) is 11.5 Å². The van der Waals surface area contributed by atoms with Gasteiger partial charge in [-0.05, 0) is 24.2 Å². The molecule has 1 aliphatic heterocycles. The quantitative estimate of drug-likeness (QED) is 0.219. The second kappa shape index (κ2) is 11.4. The number of hydrogen-bond donors (Lipinski definition) is 0. The van der Waals surface area contributed by atoms with Crippen molar-refractivity contribution in [3.05, 3.63) is 34.4 Å². The van der Waals surface area contributed by atoms with Gasteiger partial charge in [-0.2, -0.15) is 0 Å². The molecule has 0 aliphatic carbocycles. The first-order chi connectivity index (χ1) is 15.2. The Morgan fingerprint density at radius 1 is 1.06 bits per heavy atom. The molecule has 0 aromatic heterocycles. The summed E-state index contributed by atoms with van der Waals surface area (Å²) >= 11 is 0. The molecule has 11 heteroatoms. The Labute approximate surface area is 188 Å². The van der Waals surface area contributed by atoms with Crippen molar-refractivity contribution in [1.29, 1.82) is 0 Å². The summed E-state index contributed by atoms with van der Waals surface area (Å²) in [5.74, 6) is -1.28. The van der Waals surface area contributed by atoms with Gasteiger partial charge in [-0.25, -0.2) is 0 Å². The minimum atomic E-state index is -2.13. The topological polar surface area (TPSA) is 123 Å². The van der Waals surface area contributed by atoms with Crippen LogP contribution in [0.15, 0.2) is 24.3 Å². The summed E-state index contributed by atoms with van der Waals surface area (Å²) in [6, 6.07) is 8.36. The summed E-state index contributed by atoms with van der Waals surface area (Å²) in [7, 11) is -2.13. The van der Waals surface area contributed by atoms with E-state index in [-0.39, 0.29) is 18.0 Å². The van der Waals surface area contributed by atoms with E-state index in [1.165, 1.54) is 32.0 Å². The van der Waals surface area contributed by atoms with Crippen LogP contribution >= 0.6 is 0 Å². The van der Waals surface area contributed by atoms with Crippen LogP contribution in [0.4, 0.5) is 5.69 Å². The summed E-state index contributed by atoms with van der Waals surface area (Å²) < 4.78 is 29.0. The van der Waals surface area contributed by atoms with E-state index in [1.54, 1.807) is 6.07 Å². The first kappa shape index (κ1) is 25.8. The van der Waals surface area contributed by atoms with Crippen LogP contribution < -0.4 is 4.74 Å². The average Bonchev–Trinajstić information content (AvgIpc) is 2.75. The average molecular weight is 470 g/mol. The van der Waals surface area contributed by atoms with E-state index in [2.05, 4.69) is 20.8 Å². The van der Waals surface area contributed by atoms with Crippen LogP contribution in [-0.4, -0.2) is 56.4 Å². The summed E-state index contributed by atoms with van der Waals surface area (Å²) in [5.41, 5.74) is -0.269. The SMILES string of the molecule is CC[Si](CC)(CC)OC1COC(Oc2ccccc2[N+](=O)[O-])C(OC(C)=O)C1OC(C)=O. The molecule has 0 N–H and O–H groups in total. The summed E-state index contributed by atoms with van der Waals surface area (Å²) in [4.78, 5) is 34.5. The second-order valence-corrected chi connectivity index (χ2v) is 12.3. The molecular weight excluding hydrogens is 438 g/mol. The Morgan fingerprint density at radius 3 is 2.16 bits per heavy atom. The number of nitro groups is 1. The Morgan fingerprint density at radius 2 is 1.62 bits per heavy atom. The number of carbonyl (C=O) groups is 2. The lowest BCUT2D eigenvalue weighted by Gasteiger charge is -2.43. The Kier molecular flexibility index (Phi) is 9.17. The largest absolute Gasteiger partial charge is 0.455 e. The molecule has 0 saturated carbocycles. The monoisotopic (exact) mass is 469 g/mol. The maximum Gasteiger partial charge on any atom is 0.311 e. The van der Waals surface area contributed by atoms with Crippen molar-refractivity contribution in [3.8, 4) is 5.75 Å². The standard InChI is InChI=1S/C21H31NO9Si/c1-6-32(7-2,8-3)31-18-13-27-21(20(29-15(5)24)19(18)28-14(4)23)30-17-12-10-9-11-16(17)22(25)26/h9-12,18-21H,6-8,13H2,1-5H3. The zero-order chi connectivity index (χ0) is 23.9. The lowest BCUT2D eigenvalue weighted by Crippen LogP contribution is -2.61. The van der Waals surface area contributed by atoms with Crippen LogP contribution in [0, 0.1) is 10.1 Å². The number of para-hydroxylation sites is 2. The first-order valence-corrected chi connectivity index (χ1v) is 13.2. The molecule has 10 nitrogen and oxygen atoms in total. The molecule has 1 aliphatic rings. The second-order valence-electron chi connectivity index (χ2n) is 7.59. The van der Waals surface area contributed by atoms with Crippen molar-refractivity contribution in [1.82, 2.24) is 0 Å². The highest BCUT2D eigenvalue weighted by atomic mass is 28.4. The van der Waals surface area contributed by atoms with Gasteiger partial charge in [0, 0.05) is 19.9 Å². The van der Waals surface area contributed by atoms with Gasteiger partial charge in [0.1, 0.15) is 6.10 Å². The van der Waals surface area contributed by atoms with E-state index < -0.39 is 49.8 Å². The van der Waals surface area contributed by atoms with Gasteiger partial charge in [0.2, 0.25) is 12.4 Å². The third-order valence-corrected chi connectivity index (χ3v) is 10.3. The molecule has 1 aromatic carbocycles. The predicted molar refractivity (Wildman–Crippen MR) is 117 cm³/mol. The number of carbonyl (C=O) groups excluding carboxylic acids is 2. The third kappa shape index (κ3) is 6.27. The number of nitro benzene ring substituents is 1. The van der Waals surface area contributed by atoms with Gasteiger partial charge < -0.3 is 23.4 Å². The van der Waals surface area contributed by atoms with Crippen LogP contribution in [0.5, 0.6) is 5.75 Å². The zero-order valence-electron chi connectivity index (χ0n) is 19.1. The lowest BCUT2D eigenvalue weighted by atomic mass is 10.0. The number of benzene rings is 1. The van der Waals surface area contributed by atoms with Crippen molar-refractivity contribution in [2.24, 2.45) is 0 Å². The first-order valence-electron chi connectivity index (χ1n) is 10.7. The molecular formula is C21H31NO9Si. The van der Waals surface area contributed by atoms with E-state index in [0.29, 0.717) is 0 Å². The maximum absolute atomic E-state index is 11.9. The molecule has 32 heavy (non-hydrogen) atoms. The van der Waals surface area contributed by atoms with Crippen LogP contribution in [0.2, 0.25) is 18.1 Å². The Balaban J connectivity index is 2.39. The van der Waals surface area contributed by atoms with Gasteiger partial charge in [0.25, 0.3) is 0 Å². The highest BCUT2D eigenvalue weighted by Gasteiger charge is 2.49. The fourth-order valence-corrected chi connectivity index (χ4v) is 6.60. The van der Waals surface area contributed by atoms with Crippen molar-refractivity contribution in [2.45, 2.75) is 77.4 Å². The number of nitrogens with zero attached hydrogens (tertiary/aromatic N) is 1. The molecule has 2 rings (SSSR count). The summed E-state index contributed by atoms with van der Waals surface area (Å²) in [5, 5.41) is 11.4. The summed E-state index contributed by atoms with van der Waals surface area (Å²) in [6.07, 6.45) is -4.06. The molecule has 0 amide bonds. The fraction of sp³-hybridized carbons (Fsp3) is 0.619. The van der Waals surface area contributed by atoms with E-state index in [4.69, 9.17) is 23.4 Å². The minimum Gasteiger partial charge on any atom is -0.455 e. The van der Waals surface area contributed by atoms with E-state index >= 15 is 0 Å². The molecule has 0 bridgehead atoms. The predicted octanol–water partition coefficient (Wildman–Crippen LogP) is 3.58. The Hall–Kier alpha value is -2.50. The van der Waals surface area contributed by atoms with Gasteiger partial charge >= 0.3 is 17.6 Å². The molecule has 1 fully saturated rings. The van der Waals surface area contributed by atoms with E-state index in [1.807, 2.05) is 0 Å². The van der Waals surface area contributed by atoms with Crippen LogP contribution in [0.3, 0.4) is 0 Å². The van der Waals surface area contributed by atoms with Crippen LogP contribution in [0.1, 0.15) is 34.6 Å². The molecule has 0 radical (unpaired) electrons.